The maximum absolute atomic E-state index is 13.7. The van der Waals surface area contributed by atoms with E-state index in [-0.39, 0.29) is 11.6 Å². The number of amides is 2. The molecular formula is C21H20FN5O2S. The van der Waals surface area contributed by atoms with Crippen LogP contribution in [0.2, 0.25) is 0 Å². The summed E-state index contributed by atoms with van der Waals surface area (Å²) in [6, 6.07) is 10.2. The first-order chi connectivity index (χ1) is 14.6. The highest BCUT2D eigenvalue weighted by Crippen LogP contribution is 2.26. The SMILES string of the molecule is O=C(Nc1ccccc1C(=O)Nc1cccnc1)c1csc(N2CCCC(F)C2)n1. The van der Waals surface area contributed by atoms with Gasteiger partial charge in [0, 0.05) is 18.1 Å². The maximum Gasteiger partial charge on any atom is 0.275 e. The van der Waals surface area contributed by atoms with Gasteiger partial charge < -0.3 is 15.5 Å². The number of thiazole rings is 1. The van der Waals surface area contributed by atoms with Crippen LogP contribution in [-0.4, -0.2) is 41.0 Å². The number of pyridine rings is 1. The van der Waals surface area contributed by atoms with Crippen LogP contribution in [0, 0.1) is 0 Å². The number of hydrogen-bond acceptors (Lipinski definition) is 6. The van der Waals surface area contributed by atoms with Gasteiger partial charge in [-0.1, -0.05) is 12.1 Å². The Kier molecular flexibility index (Phi) is 5.99. The summed E-state index contributed by atoms with van der Waals surface area (Å²) in [4.78, 5) is 35.6. The van der Waals surface area contributed by atoms with Crippen molar-refractivity contribution in [3.05, 3.63) is 65.4 Å². The molecule has 2 amide bonds. The van der Waals surface area contributed by atoms with Gasteiger partial charge in [0.2, 0.25) is 0 Å². The van der Waals surface area contributed by atoms with Crippen LogP contribution in [0.25, 0.3) is 0 Å². The molecule has 0 radical (unpaired) electrons. The van der Waals surface area contributed by atoms with E-state index >= 15 is 0 Å². The van der Waals surface area contributed by atoms with Gasteiger partial charge in [-0.05, 0) is 37.1 Å². The van der Waals surface area contributed by atoms with Crippen molar-refractivity contribution in [3.8, 4) is 0 Å². The Hall–Kier alpha value is -3.33. The second kappa shape index (κ2) is 9.00. The van der Waals surface area contributed by atoms with E-state index in [2.05, 4.69) is 20.6 Å². The molecule has 9 heteroatoms. The predicted octanol–water partition coefficient (Wildman–Crippen LogP) is 3.98. The fraction of sp³-hybridized carbons (Fsp3) is 0.238. The molecule has 1 fully saturated rings. The number of piperidine rings is 1. The van der Waals surface area contributed by atoms with Crippen molar-refractivity contribution in [1.82, 2.24) is 9.97 Å². The highest BCUT2D eigenvalue weighted by Gasteiger charge is 2.23. The molecule has 2 N–H and O–H groups in total. The van der Waals surface area contributed by atoms with Gasteiger partial charge in [0.25, 0.3) is 11.8 Å². The normalized spacial score (nSPS) is 16.2. The van der Waals surface area contributed by atoms with Crippen LogP contribution in [0.1, 0.15) is 33.7 Å². The number of hydrogen-bond donors (Lipinski definition) is 2. The van der Waals surface area contributed by atoms with Crippen molar-refractivity contribution in [2.75, 3.05) is 28.6 Å². The van der Waals surface area contributed by atoms with Gasteiger partial charge in [-0.25, -0.2) is 9.37 Å². The summed E-state index contributed by atoms with van der Waals surface area (Å²) in [7, 11) is 0. The summed E-state index contributed by atoms with van der Waals surface area (Å²) in [6.07, 6.45) is 3.61. The highest BCUT2D eigenvalue weighted by molar-refractivity contribution is 7.14. The third-order valence-corrected chi connectivity index (χ3v) is 5.60. The molecular weight excluding hydrogens is 405 g/mol. The first-order valence-corrected chi connectivity index (χ1v) is 10.4. The van der Waals surface area contributed by atoms with Crippen molar-refractivity contribution < 1.29 is 14.0 Å². The topological polar surface area (TPSA) is 87.2 Å². The third-order valence-electron chi connectivity index (χ3n) is 4.70. The lowest BCUT2D eigenvalue weighted by Gasteiger charge is -2.28. The summed E-state index contributed by atoms with van der Waals surface area (Å²) < 4.78 is 13.7. The van der Waals surface area contributed by atoms with Crippen LogP contribution < -0.4 is 15.5 Å². The molecule has 1 aliphatic rings. The summed E-state index contributed by atoms with van der Waals surface area (Å²) in [5, 5.41) is 7.78. The lowest BCUT2D eigenvalue weighted by molar-refractivity contribution is 0.102. The molecule has 0 saturated carbocycles. The first-order valence-electron chi connectivity index (χ1n) is 9.56. The number of carbonyl (C=O) groups excluding carboxylic acids is 2. The number of alkyl halides is 1. The Labute approximate surface area is 177 Å². The van der Waals surface area contributed by atoms with E-state index in [1.165, 1.54) is 11.3 Å². The summed E-state index contributed by atoms with van der Waals surface area (Å²) in [5.74, 6) is -0.784. The van der Waals surface area contributed by atoms with E-state index in [9.17, 15) is 14.0 Å². The zero-order chi connectivity index (χ0) is 20.9. The number of halogens is 1. The van der Waals surface area contributed by atoms with E-state index in [0.29, 0.717) is 35.0 Å². The second-order valence-corrected chi connectivity index (χ2v) is 7.73. The van der Waals surface area contributed by atoms with Gasteiger partial charge in [0.05, 0.1) is 29.7 Å². The van der Waals surface area contributed by atoms with Crippen LogP contribution in [0.15, 0.2) is 54.2 Å². The quantitative estimate of drug-likeness (QED) is 0.646. The zero-order valence-corrected chi connectivity index (χ0v) is 16.9. The number of aromatic nitrogens is 2. The van der Waals surface area contributed by atoms with Gasteiger partial charge in [-0.2, -0.15) is 0 Å². The Morgan fingerprint density at radius 2 is 2.00 bits per heavy atom. The van der Waals surface area contributed by atoms with Crippen molar-refractivity contribution in [3.63, 3.8) is 0 Å². The van der Waals surface area contributed by atoms with E-state index in [4.69, 9.17) is 0 Å². The van der Waals surface area contributed by atoms with E-state index < -0.39 is 12.1 Å². The standard InChI is InChI=1S/C21H20FN5O2S/c22-14-5-4-10-27(12-14)21-26-18(13-30-21)20(29)25-17-8-2-1-7-16(17)19(28)24-15-6-3-9-23-11-15/h1-3,6-9,11,13-14H,4-5,10,12H2,(H,24,28)(H,25,29). The maximum atomic E-state index is 13.7. The highest BCUT2D eigenvalue weighted by atomic mass is 32.1. The molecule has 1 unspecified atom stereocenters. The number of benzene rings is 1. The van der Waals surface area contributed by atoms with Crippen LogP contribution in [-0.2, 0) is 0 Å². The lowest BCUT2D eigenvalue weighted by atomic mass is 10.1. The number of carbonyl (C=O) groups is 2. The Balaban J connectivity index is 1.47. The fourth-order valence-electron chi connectivity index (χ4n) is 3.22. The summed E-state index contributed by atoms with van der Waals surface area (Å²) in [5.41, 5.74) is 1.49. The minimum Gasteiger partial charge on any atom is -0.345 e. The average Bonchev–Trinajstić information content (AvgIpc) is 3.25. The monoisotopic (exact) mass is 425 g/mol. The van der Waals surface area contributed by atoms with Crippen LogP contribution >= 0.6 is 11.3 Å². The fourth-order valence-corrected chi connectivity index (χ4v) is 4.07. The average molecular weight is 425 g/mol. The van der Waals surface area contributed by atoms with E-state index in [1.807, 2.05) is 4.90 Å². The smallest absolute Gasteiger partial charge is 0.275 e. The van der Waals surface area contributed by atoms with Crippen LogP contribution in [0.5, 0.6) is 0 Å². The summed E-state index contributed by atoms with van der Waals surface area (Å²) >= 11 is 1.31. The van der Waals surface area contributed by atoms with Crippen LogP contribution in [0.3, 0.4) is 0 Å². The third kappa shape index (κ3) is 4.62. The molecule has 7 nitrogen and oxygen atoms in total. The van der Waals surface area contributed by atoms with E-state index in [1.54, 1.807) is 54.2 Å². The molecule has 3 heterocycles. The van der Waals surface area contributed by atoms with Gasteiger partial charge in [0.1, 0.15) is 11.9 Å². The van der Waals surface area contributed by atoms with Crippen molar-refractivity contribution in [2.24, 2.45) is 0 Å². The second-order valence-electron chi connectivity index (χ2n) is 6.90. The number of para-hydroxylation sites is 1. The van der Waals surface area contributed by atoms with Crippen LogP contribution in [0.4, 0.5) is 20.9 Å². The van der Waals surface area contributed by atoms with Gasteiger partial charge in [-0.3, -0.25) is 14.6 Å². The van der Waals surface area contributed by atoms with Crippen molar-refractivity contribution >= 4 is 39.7 Å². The molecule has 4 rings (SSSR count). The van der Waals surface area contributed by atoms with Gasteiger partial charge in [-0.15, -0.1) is 11.3 Å². The van der Waals surface area contributed by atoms with Crippen molar-refractivity contribution in [1.29, 1.82) is 0 Å². The molecule has 1 saturated heterocycles. The van der Waals surface area contributed by atoms with Crippen molar-refractivity contribution in [2.45, 2.75) is 19.0 Å². The minimum atomic E-state index is -0.870. The lowest BCUT2D eigenvalue weighted by Crippen LogP contribution is -2.36. The number of nitrogens with zero attached hydrogens (tertiary/aromatic N) is 3. The number of rotatable bonds is 5. The predicted molar refractivity (Wildman–Crippen MR) is 115 cm³/mol. The number of anilines is 3. The van der Waals surface area contributed by atoms with E-state index in [0.717, 1.165) is 13.0 Å². The zero-order valence-electron chi connectivity index (χ0n) is 16.0. The molecule has 0 bridgehead atoms. The Morgan fingerprint density at radius 3 is 2.80 bits per heavy atom. The molecule has 0 aliphatic carbocycles. The molecule has 154 valence electrons. The minimum absolute atomic E-state index is 0.235. The molecule has 3 aromatic rings. The largest absolute Gasteiger partial charge is 0.345 e. The molecule has 2 aromatic heterocycles. The first kappa shape index (κ1) is 20.0. The molecule has 0 spiro atoms. The molecule has 1 atom stereocenters. The number of nitrogens with one attached hydrogen (secondary N) is 2. The molecule has 1 aromatic carbocycles. The summed E-state index contributed by atoms with van der Waals surface area (Å²) in [6.45, 7) is 1.03. The molecule has 30 heavy (non-hydrogen) atoms. The Bertz CT molecular complexity index is 1040. The Morgan fingerprint density at radius 1 is 1.13 bits per heavy atom. The van der Waals surface area contributed by atoms with Gasteiger partial charge >= 0.3 is 0 Å². The molecule has 1 aliphatic heterocycles. The van der Waals surface area contributed by atoms with Gasteiger partial charge in [0.15, 0.2) is 5.13 Å².